The zero-order chi connectivity index (χ0) is 11.4. The van der Waals surface area contributed by atoms with Gasteiger partial charge >= 0.3 is 5.97 Å². The van der Waals surface area contributed by atoms with Gasteiger partial charge in [-0.25, -0.2) is 4.79 Å². The van der Waals surface area contributed by atoms with Crippen LogP contribution in [0.15, 0.2) is 11.6 Å². The summed E-state index contributed by atoms with van der Waals surface area (Å²) in [5, 5.41) is 1.81. The van der Waals surface area contributed by atoms with Gasteiger partial charge in [0, 0.05) is 6.20 Å². The molecule has 1 amide bonds. The number of amides is 1. The molecule has 0 aromatic rings. The van der Waals surface area contributed by atoms with E-state index in [-0.39, 0.29) is 18.0 Å². The molecule has 0 saturated heterocycles. The molecular formula is C10H15NO3S. The standard InChI is InChI=1S/C10H15NO3S/c1-7(2)14-10(13)8(3)11-4-5-15-6-9(11)12/h4-5,7-8H,6H2,1-3H3. The quantitative estimate of drug-likeness (QED) is 0.686. The molecule has 1 aliphatic heterocycles. The van der Waals surface area contributed by atoms with E-state index in [0.717, 1.165) is 0 Å². The van der Waals surface area contributed by atoms with Crippen molar-refractivity contribution in [2.24, 2.45) is 0 Å². The van der Waals surface area contributed by atoms with Crippen LogP contribution in [0, 0.1) is 0 Å². The van der Waals surface area contributed by atoms with Gasteiger partial charge in [0.1, 0.15) is 6.04 Å². The van der Waals surface area contributed by atoms with Gasteiger partial charge in [-0.1, -0.05) is 0 Å². The van der Waals surface area contributed by atoms with E-state index in [1.54, 1.807) is 32.4 Å². The van der Waals surface area contributed by atoms with Crippen LogP contribution >= 0.6 is 11.8 Å². The lowest BCUT2D eigenvalue weighted by Gasteiger charge is -2.26. The lowest BCUT2D eigenvalue weighted by Crippen LogP contribution is -2.42. The summed E-state index contributed by atoms with van der Waals surface area (Å²) in [5.74, 6) is -0.0406. The van der Waals surface area contributed by atoms with E-state index in [4.69, 9.17) is 4.74 Å². The van der Waals surface area contributed by atoms with Crippen molar-refractivity contribution in [1.82, 2.24) is 4.90 Å². The third kappa shape index (κ3) is 3.27. The second-order valence-electron chi connectivity index (χ2n) is 3.56. The van der Waals surface area contributed by atoms with Crippen molar-refractivity contribution in [3.63, 3.8) is 0 Å². The second-order valence-corrected chi connectivity index (χ2v) is 4.45. The van der Waals surface area contributed by atoms with Crippen LogP contribution in [0.3, 0.4) is 0 Å². The molecule has 0 N–H and O–H groups in total. The molecule has 5 heteroatoms. The number of rotatable bonds is 3. The molecule has 1 heterocycles. The van der Waals surface area contributed by atoms with Gasteiger partial charge in [0.2, 0.25) is 5.91 Å². The third-order valence-corrected chi connectivity index (χ3v) is 2.65. The van der Waals surface area contributed by atoms with Crippen molar-refractivity contribution >= 4 is 23.6 Å². The molecule has 0 aliphatic carbocycles. The van der Waals surface area contributed by atoms with Crippen LogP contribution in [0.5, 0.6) is 0 Å². The molecule has 0 aromatic heterocycles. The van der Waals surface area contributed by atoms with Crippen molar-refractivity contribution in [3.8, 4) is 0 Å². The molecule has 0 aromatic carbocycles. The summed E-state index contributed by atoms with van der Waals surface area (Å²) >= 11 is 1.43. The van der Waals surface area contributed by atoms with Crippen LogP contribution in [-0.4, -0.2) is 34.7 Å². The maximum absolute atomic E-state index is 11.5. The first-order valence-electron chi connectivity index (χ1n) is 4.82. The van der Waals surface area contributed by atoms with Crippen molar-refractivity contribution in [2.75, 3.05) is 5.75 Å². The van der Waals surface area contributed by atoms with Gasteiger partial charge in [-0.2, -0.15) is 0 Å². The van der Waals surface area contributed by atoms with Crippen molar-refractivity contribution < 1.29 is 14.3 Å². The molecule has 1 aliphatic rings. The molecule has 15 heavy (non-hydrogen) atoms. The molecule has 0 fully saturated rings. The fourth-order valence-electron chi connectivity index (χ4n) is 1.18. The lowest BCUT2D eigenvalue weighted by atomic mass is 10.3. The SMILES string of the molecule is CC(C)OC(=O)C(C)N1C=CSCC1=O. The second kappa shape index (κ2) is 5.21. The summed E-state index contributed by atoms with van der Waals surface area (Å²) in [5.41, 5.74) is 0. The van der Waals surface area contributed by atoms with Gasteiger partial charge in [0.05, 0.1) is 11.9 Å². The Kier molecular flexibility index (Phi) is 4.20. The van der Waals surface area contributed by atoms with Gasteiger partial charge < -0.3 is 9.64 Å². The van der Waals surface area contributed by atoms with Crippen molar-refractivity contribution in [1.29, 1.82) is 0 Å². The van der Waals surface area contributed by atoms with Crippen LogP contribution in [0.25, 0.3) is 0 Å². The zero-order valence-electron chi connectivity index (χ0n) is 9.10. The molecule has 0 bridgehead atoms. The Bertz CT molecular complexity index is 288. The minimum atomic E-state index is -0.544. The molecule has 1 atom stereocenters. The summed E-state index contributed by atoms with van der Waals surface area (Å²) in [6.45, 7) is 5.24. The molecule has 84 valence electrons. The average Bonchev–Trinajstić information content (AvgIpc) is 2.16. The number of hydrogen-bond donors (Lipinski definition) is 0. The highest BCUT2D eigenvalue weighted by Crippen LogP contribution is 2.15. The Balaban J connectivity index is 2.62. The van der Waals surface area contributed by atoms with Gasteiger partial charge in [-0.05, 0) is 26.2 Å². The number of thioether (sulfide) groups is 1. The Hall–Kier alpha value is -0.970. The highest BCUT2D eigenvalue weighted by atomic mass is 32.2. The van der Waals surface area contributed by atoms with Gasteiger partial charge in [-0.15, -0.1) is 11.8 Å². The van der Waals surface area contributed by atoms with E-state index >= 15 is 0 Å². The lowest BCUT2D eigenvalue weighted by molar-refractivity contribution is -0.155. The fraction of sp³-hybridized carbons (Fsp3) is 0.600. The van der Waals surface area contributed by atoms with Crippen LogP contribution in [0.4, 0.5) is 0 Å². The maximum Gasteiger partial charge on any atom is 0.329 e. The fourth-order valence-corrected chi connectivity index (χ4v) is 1.78. The predicted molar refractivity (Wildman–Crippen MR) is 59.1 cm³/mol. The Morgan fingerprint density at radius 2 is 2.20 bits per heavy atom. The smallest absolute Gasteiger partial charge is 0.329 e. The largest absolute Gasteiger partial charge is 0.461 e. The number of esters is 1. The van der Waals surface area contributed by atoms with Crippen LogP contribution in [0.2, 0.25) is 0 Å². The minimum Gasteiger partial charge on any atom is -0.461 e. The minimum absolute atomic E-state index is 0.0595. The Labute approximate surface area is 93.6 Å². The number of ether oxygens (including phenoxy) is 1. The Morgan fingerprint density at radius 1 is 1.53 bits per heavy atom. The summed E-state index contributed by atoms with van der Waals surface area (Å²) in [6.07, 6.45) is 1.47. The number of carbonyl (C=O) groups excluding carboxylic acids is 2. The van der Waals surface area contributed by atoms with Crippen molar-refractivity contribution in [2.45, 2.75) is 32.9 Å². The normalized spacial score (nSPS) is 18.1. The predicted octanol–water partition coefficient (Wildman–Crippen LogP) is 1.37. The van der Waals surface area contributed by atoms with E-state index in [1.165, 1.54) is 16.7 Å². The molecule has 1 rings (SSSR count). The van der Waals surface area contributed by atoms with Crippen LogP contribution in [0.1, 0.15) is 20.8 Å². The van der Waals surface area contributed by atoms with E-state index in [9.17, 15) is 9.59 Å². The average molecular weight is 229 g/mol. The highest BCUT2D eigenvalue weighted by Gasteiger charge is 2.27. The van der Waals surface area contributed by atoms with Crippen molar-refractivity contribution in [3.05, 3.63) is 11.6 Å². The number of carbonyl (C=O) groups is 2. The van der Waals surface area contributed by atoms with E-state index in [0.29, 0.717) is 5.75 Å². The van der Waals surface area contributed by atoms with Crippen LogP contribution in [-0.2, 0) is 14.3 Å². The molecule has 1 unspecified atom stereocenters. The Morgan fingerprint density at radius 3 is 2.73 bits per heavy atom. The summed E-state index contributed by atoms with van der Waals surface area (Å²) < 4.78 is 5.04. The van der Waals surface area contributed by atoms with E-state index < -0.39 is 6.04 Å². The third-order valence-electron chi connectivity index (χ3n) is 1.92. The highest BCUT2D eigenvalue weighted by molar-refractivity contribution is 8.02. The summed E-state index contributed by atoms with van der Waals surface area (Å²) in [6, 6.07) is -0.544. The summed E-state index contributed by atoms with van der Waals surface area (Å²) in [4.78, 5) is 24.4. The molecule has 0 spiro atoms. The summed E-state index contributed by atoms with van der Waals surface area (Å²) in [7, 11) is 0. The maximum atomic E-state index is 11.5. The monoisotopic (exact) mass is 229 g/mol. The molecular weight excluding hydrogens is 214 g/mol. The first-order valence-corrected chi connectivity index (χ1v) is 5.87. The first-order chi connectivity index (χ1) is 7.02. The number of nitrogens with zero attached hydrogens (tertiary/aromatic N) is 1. The van der Waals surface area contributed by atoms with Gasteiger partial charge in [0.15, 0.2) is 0 Å². The molecule has 0 saturated carbocycles. The first kappa shape index (κ1) is 12.1. The van der Waals surface area contributed by atoms with Gasteiger partial charge in [0.25, 0.3) is 0 Å². The zero-order valence-corrected chi connectivity index (χ0v) is 9.91. The van der Waals surface area contributed by atoms with E-state index in [1.807, 2.05) is 0 Å². The van der Waals surface area contributed by atoms with Gasteiger partial charge in [-0.3, -0.25) is 4.79 Å². The molecule has 4 nitrogen and oxygen atoms in total. The topological polar surface area (TPSA) is 46.6 Å². The van der Waals surface area contributed by atoms with Crippen LogP contribution < -0.4 is 0 Å². The van der Waals surface area contributed by atoms with E-state index in [2.05, 4.69) is 0 Å². The number of hydrogen-bond acceptors (Lipinski definition) is 4. The molecule has 0 radical (unpaired) electrons.